The molecule has 0 amide bonds. The van der Waals surface area contributed by atoms with Gasteiger partial charge < -0.3 is 148 Å². The maximum atomic E-state index is 12.1. The maximum Gasteiger partial charge on any atom is 0.472 e. The molecule has 0 fully saturated rings. The Hall–Kier alpha value is -0.340. The first kappa shape index (κ1) is 118. The van der Waals surface area contributed by atoms with Crippen LogP contribution in [-0.4, -0.2) is 439 Å². The number of ether oxygens (including phenoxy) is 25. The molecule has 0 aliphatic carbocycles. The minimum absolute atomic E-state index is 0.0265. The van der Waals surface area contributed by atoms with Crippen LogP contribution >= 0.6 is 46.9 Å². The average Bonchev–Trinajstić information content (AvgIpc) is 0.961. The second kappa shape index (κ2) is 87.4. The summed E-state index contributed by atoms with van der Waals surface area (Å²) in [5, 5.41) is 0. The van der Waals surface area contributed by atoms with Crippen molar-refractivity contribution in [2.45, 2.75) is 6.92 Å². The smallest absolute Gasteiger partial charge is 0.377 e. The van der Waals surface area contributed by atoms with Crippen molar-refractivity contribution in [2.75, 3.05) is 410 Å². The molecule has 0 rings (SSSR count). The van der Waals surface area contributed by atoms with E-state index in [0.29, 0.717) is 145 Å². The Morgan fingerprint density at radius 3 is 0.297 bits per heavy atom. The molecular formula is C63H134O49P6. The molecule has 0 aromatic rings. The van der Waals surface area contributed by atoms with E-state index in [4.69, 9.17) is 164 Å². The highest BCUT2D eigenvalue weighted by Crippen LogP contribution is 2.46. The minimum Gasteiger partial charge on any atom is -0.377 e. The van der Waals surface area contributed by atoms with Crippen molar-refractivity contribution in [3.8, 4) is 0 Å². The predicted octanol–water partition coefficient (Wildman–Crippen LogP) is 1.85. The Bertz CT molecular complexity index is 2400. The molecule has 55 heteroatoms. The van der Waals surface area contributed by atoms with E-state index in [1.165, 1.54) is 0 Å². The van der Waals surface area contributed by atoms with Crippen LogP contribution in [0.25, 0.3) is 0 Å². The van der Waals surface area contributed by atoms with Gasteiger partial charge in [0.05, 0.1) is 403 Å². The molecule has 118 heavy (non-hydrogen) atoms. The second-order valence-electron chi connectivity index (χ2n) is 22.1. The summed E-state index contributed by atoms with van der Waals surface area (Å²) >= 11 is 0. The summed E-state index contributed by atoms with van der Waals surface area (Å²) in [6.45, 7) is 12.1. The predicted molar refractivity (Wildman–Crippen MR) is 408 cm³/mol. The van der Waals surface area contributed by atoms with Gasteiger partial charge in [0.15, 0.2) is 0 Å². The van der Waals surface area contributed by atoms with Gasteiger partial charge in [-0.3, -0.25) is 54.3 Å². The molecule has 6 N–H and O–H groups in total. The molecule has 49 nitrogen and oxygen atoms in total. The summed E-state index contributed by atoms with van der Waals surface area (Å²) in [5.41, 5.74) is 0. The maximum absolute atomic E-state index is 12.1. The lowest BCUT2D eigenvalue weighted by molar-refractivity contribution is -0.0182. The van der Waals surface area contributed by atoms with Crippen LogP contribution in [0.3, 0.4) is 0 Å². The molecule has 0 aliphatic heterocycles. The van der Waals surface area contributed by atoms with Crippen LogP contribution < -0.4 is 0 Å². The molecule has 0 aromatic carbocycles. The van der Waals surface area contributed by atoms with Crippen LogP contribution in [0.2, 0.25) is 0 Å². The third kappa shape index (κ3) is 94.8. The van der Waals surface area contributed by atoms with Crippen LogP contribution in [0.4, 0.5) is 0 Å². The number of rotatable bonds is 103. The van der Waals surface area contributed by atoms with Crippen molar-refractivity contribution < 1.29 is 229 Å². The van der Waals surface area contributed by atoms with Crippen LogP contribution in [0, 0.1) is 0 Å². The minimum atomic E-state index is -4.31. The molecule has 0 saturated heterocycles. The molecule has 0 aromatic heterocycles. The van der Waals surface area contributed by atoms with Crippen molar-refractivity contribution in [2.24, 2.45) is 0 Å². The highest BCUT2D eigenvalue weighted by atomic mass is 31.2. The number of phosphoric acid groups is 6. The SMILES string of the molecule is CCOP(=O)(O)OCCOCCOCCOCCOCCOCCOP(=O)(O)OCCOCCOCCOCCOCCOCCOP(=O)(O)OCCOCCOCCOCCOCCOCCOP(=O)(O)OCCOCCOCCOCCOCCOCCOP(=O)(O)OCCOCCOCCOCCOCCOCCOP(=O)(O)OC. The first-order valence-corrected chi connectivity index (χ1v) is 47.2. The normalized spacial score (nSPS) is 15.2. The zero-order chi connectivity index (χ0) is 86.3. The quantitative estimate of drug-likeness (QED) is 0.0374. The van der Waals surface area contributed by atoms with Crippen LogP contribution in [0.1, 0.15) is 6.92 Å². The van der Waals surface area contributed by atoms with Gasteiger partial charge in [-0.1, -0.05) is 0 Å². The van der Waals surface area contributed by atoms with Crippen LogP contribution in [-0.2, 0) is 200 Å². The highest BCUT2D eigenvalue weighted by molar-refractivity contribution is 7.48. The molecule has 6 unspecified atom stereocenters. The third-order valence-electron chi connectivity index (χ3n) is 12.8. The van der Waals surface area contributed by atoms with E-state index in [1.54, 1.807) is 6.92 Å². The molecule has 710 valence electrons. The first-order valence-electron chi connectivity index (χ1n) is 38.2. The van der Waals surface area contributed by atoms with Gasteiger partial charge in [0.25, 0.3) is 0 Å². The monoisotopic (exact) mass is 1860 g/mol. The van der Waals surface area contributed by atoms with E-state index >= 15 is 0 Å². The fourth-order valence-corrected chi connectivity index (χ4v) is 11.3. The largest absolute Gasteiger partial charge is 0.472 e. The topological polar surface area (TPSA) is 565 Å². The summed E-state index contributed by atoms with van der Waals surface area (Å²) in [6, 6.07) is 0. The number of hydrogen-bond acceptors (Lipinski definition) is 43. The van der Waals surface area contributed by atoms with Gasteiger partial charge in [0.1, 0.15) is 0 Å². The fraction of sp³-hybridized carbons (Fsp3) is 1.00. The van der Waals surface area contributed by atoms with Gasteiger partial charge in [-0.15, -0.1) is 0 Å². The molecule has 0 bridgehead atoms. The molecular weight excluding hydrogens is 1730 g/mol. The van der Waals surface area contributed by atoms with Crippen molar-refractivity contribution in [1.82, 2.24) is 0 Å². The summed E-state index contributed by atoms with van der Waals surface area (Å²) in [4.78, 5) is 57.7. The van der Waals surface area contributed by atoms with Gasteiger partial charge in [-0.05, 0) is 6.92 Å². The van der Waals surface area contributed by atoms with E-state index in [1.807, 2.05) is 0 Å². The number of hydrogen-bond donors (Lipinski definition) is 6. The van der Waals surface area contributed by atoms with Crippen molar-refractivity contribution in [3.05, 3.63) is 0 Å². The zero-order valence-corrected chi connectivity index (χ0v) is 73.4. The van der Waals surface area contributed by atoms with Crippen LogP contribution in [0.15, 0.2) is 0 Å². The molecule has 0 saturated carbocycles. The Morgan fingerprint density at radius 2 is 0.212 bits per heavy atom. The lowest BCUT2D eigenvalue weighted by Crippen LogP contribution is -2.15. The highest BCUT2D eigenvalue weighted by Gasteiger charge is 2.25. The van der Waals surface area contributed by atoms with E-state index in [-0.39, 0.29) is 258 Å². The average molecular weight is 1860 g/mol. The Labute approximate surface area is 691 Å². The van der Waals surface area contributed by atoms with Gasteiger partial charge >= 0.3 is 46.9 Å². The summed E-state index contributed by atoms with van der Waals surface area (Å²) in [6.07, 6.45) is 0. The number of phosphoric ester groups is 6. The Morgan fingerprint density at radius 1 is 0.136 bits per heavy atom. The van der Waals surface area contributed by atoms with Crippen molar-refractivity contribution in [3.63, 3.8) is 0 Å². The van der Waals surface area contributed by atoms with Gasteiger partial charge in [0.2, 0.25) is 0 Å². The van der Waals surface area contributed by atoms with Crippen molar-refractivity contribution >= 4 is 46.9 Å². The molecule has 6 atom stereocenters. The van der Waals surface area contributed by atoms with Crippen LogP contribution in [0.5, 0.6) is 0 Å². The summed E-state index contributed by atoms with van der Waals surface area (Å²) < 4.78 is 262. The third-order valence-corrected chi connectivity index (χ3v) is 18.9. The van der Waals surface area contributed by atoms with Gasteiger partial charge in [-0.2, -0.15) is 0 Å². The van der Waals surface area contributed by atoms with E-state index in [0.717, 1.165) is 7.11 Å². The van der Waals surface area contributed by atoms with E-state index in [9.17, 15) is 51.9 Å². The fourth-order valence-electron chi connectivity index (χ4n) is 7.43. The molecule has 0 heterocycles. The van der Waals surface area contributed by atoms with E-state index in [2.05, 4.69) is 13.6 Å². The zero-order valence-electron chi connectivity index (χ0n) is 68.1. The lowest BCUT2D eigenvalue weighted by Gasteiger charge is -2.13. The lowest BCUT2D eigenvalue weighted by atomic mass is 10.7. The van der Waals surface area contributed by atoms with Gasteiger partial charge in [0, 0.05) is 7.11 Å². The Balaban J connectivity index is 3.40. The molecule has 0 spiro atoms. The summed E-state index contributed by atoms with van der Waals surface area (Å²) in [7, 11) is -24.1. The summed E-state index contributed by atoms with van der Waals surface area (Å²) in [5.74, 6) is 0. The second-order valence-corrected chi connectivity index (χ2v) is 30.9. The van der Waals surface area contributed by atoms with Crippen molar-refractivity contribution in [1.29, 1.82) is 0 Å². The molecule has 0 aliphatic rings. The first-order chi connectivity index (χ1) is 57.2. The Kier molecular flexibility index (Phi) is 87.1. The standard InChI is InChI=1S/C63H134O49P6/c1-3-102-114(66,67)104-55-45-93-35-25-83-15-5-78-7-17-85-27-37-95-47-57-106-116(70,71)108-59-49-97-39-29-87-19-9-80-11-21-89-31-41-99-51-61-110-118(74,75)112-63-53-101-43-33-91-23-13-81-12-22-90-32-42-100-52-62-111-117(72,73)109-60-50-98-40-30-88-20-10-79-8-18-86-28-38-96-48-58-107-115(68,69)105-56-46-94-36-26-84-16-6-77-4-14-82-24-34-92-44-54-103-113(64,65)76-2/h3-63H2,1-2H3,(H,64,65)(H,66,67)(H,68,69)(H,70,71)(H,72,73)(H,74,75). The van der Waals surface area contributed by atoms with Gasteiger partial charge in [-0.25, -0.2) is 27.4 Å². The van der Waals surface area contributed by atoms with E-state index < -0.39 is 46.9 Å². The molecule has 0 radical (unpaired) electrons.